The van der Waals surface area contributed by atoms with Crippen molar-refractivity contribution < 1.29 is 14.6 Å². The molecule has 5 heteroatoms. The van der Waals surface area contributed by atoms with E-state index in [1.165, 1.54) is 11.8 Å². The van der Waals surface area contributed by atoms with Crippen molar-refractivity contribution in [1.29, 1.82) is 0 Å². The minimum absolute atomic E-state index is 0.177. The SMILES string of the molecule is CSC[C@H](CO)OC(N)=O. The highest BCUT2D eigenvalue weighted by molar-refractivity contribution is 7.98. The Morgan fingerprint density at radius 2 is 2.50 bits per heavy atom. The second kappa shape index (κ2) is 5.37. The van der Waals surface area contributed by atoms with Gasteiger partial charge in [-0.25, -0.2) is 4.79 Å². The lowest BCUT2D eigenvalue weighted by Crippen LogP contribution is -2.27. The molecule has 4 nitrogen and oxygen atoms in total. The van der Waals surface area contributed by atoms with Crippen molar-refractivity contribution in [2.24, 2.45) is 5.73 Å². The topological polar surface area (TPSA) is 72.6 Å². The van der Waals surface area contributed by atoms with Crippen LogP contribution in [-0.4, -0.2) is 35.9 Å². The number of aliphatic hydroxyl groups is 1. The number of amides is 1. The smallest absolute Gasteiger partial charge is 0.404 e. The van der Waals surface area contributed by atoms with E-state index in [-0.39, 0.29) is 6.61 Å². The Kier molecular flexibility index (Phi) is 5.15. The zero-order chi connectivity index (χ0) is 7.98. The van der Waals surface area contributed by atoms with Crippen LogP contribution >= 0.6 is 11.8 Å². The number of carbonyl (C=O) groups is 1. The van der Waals surface area contributed by atoms with Crippen molar-refractivity contribution in [2.45, 2.75) is 6.10 Å². The van der Waals surface area contributed by atoms with Crippen LogP contribution < -0.4 is 5.73 Å². The molecule has 0 rings (SSSR count). The summed E-state index contributed by atoms with van der Waals surface area (Å²) >= 11 is 1.48. The molecule has 3 N–H and O–H groups in total. The number of primary amides is 1. The fourth-order valence-corrected chi connectivity index (χ4v) is 1.02. The first-order chi connectivity index (χ1) is 4.70. The predicted molar refractivity (Wildman–Crippen MR) is 39.9 cm³/mol. The maximum absolute atomic E-state index is 10.1. The molecule has 0 saturated carbocycles. The monoisotopic (exact) mass is 165 g/mol. The highest BCUT2D eigenvalue weighted by Crippen LogP contribution is 2.00. The molecule has 1 atom stereocenters. The van der Waals surface area contributed by atoms with Crippen LogP contribution in [0, 0.1) is 0 Å². The molecule has 0 unspecified atom stereocenters. The van der Waals surface area contributed by atoms with Gasteiger partial charge in [-0.1, -0.05) is 0 Å². The maximum Gasteiger partial charge on any atom is 0.404 e. The van der Waals surface area contributed by atoms with Gasteiger partial charge in [0.05, 0.1) is 6.61 Å². The van der Waals surface area contributed by atoms with Crippen LogP contribution in [0.5, 0.6) is 0 Å². The van der Waals surface area contributed by atoms with Gasteiger partial charge >= 0.3 is 6.09 Å². The standard InChI is InChI=1S/C5H11NO3S/c1-10-3-4(2-7)9-5(6)8/h4,7H,2-3H2,1H3,(H2,6,8)/t4-/m0/s1. The number of ether oxygens (including phenoxy) is 1. The van der Waals surface area contributed by atoms with Crippen molar-refractivity contribution in [2.75, 3.05) is 18.6 Å². The Morgan fingerprint density at radius 1 is 1.90 bits per heavy atom. The second-order valence-corrected chi connectivity index (χ2v) is 2.61. The number of thioether (sulfide) groups is 1. The van der Waals surface area contributed by atoms with Crippen LogP contribution in [0.4, 0.5) is 4.79 Å². The third-order valence-electron chi connectivity index (χ3n) is 0.839. The van der Waals surface area contributed by atoms with Gasteiger partial charge in [0, 0.05) is 5.75 Å². The van der Waals surface area contributed by atoms with Crippen LogP contribution in [0.1, 0.15) is 0 Å². The summed E-state index contributed by atoms with van der Waals surface area (Å²) in [5.74, 6) is 0.569. The minimum Gasteiger partial charge on any atom is -0.443 e. The van der Waals surface area contributed by atoms with Crippen LogP contribution in [0.15, 0.2) is 0 Å². The van der Waals surface area contributed by atoms with Gasteiger partial charge in [0.2, 0.25) is 0 Å². The number of aliphatic hydroxyl groups excluding tert-OH is 1. The molecule has 10 heavy (non-hydrogen) atoms. The average molecular weight is 165 g/mol. The van der Waals surface area contributed by atoms with E-state index in [2.05, 4.69) is 4.74 Å². The molecule has 0 aliphatic carbocycles. The molecular weight excluding hydrogens is 154 g/mol. The number of carbonyl (C=O) groups excluding carboxylic acids is 1. The third-order valence-corrected chi connectivity index (χ3v) is 1.54. The maximum atomic E-state index is 10.1. The van der Waals surface area contributed by atoms with Gasteiger partial charge in [0.25, 0.3) is 0 Å². The summed E-state index contributed by atoms with van der Waals surface area (Å²) in [5.41, 5.74) is 4.72. The largest absolute Gasteiger partial charge is 0.443 e. The summed E-state index contributed by atoms with van der Waals surface area (Å²) in [7, 11) is 0. The van der Waals surface area contributed by atoms with Crippen molar-refractivity contribution >= 4 is 17.9 Å². The molecule has 0 aromatic rings. The zero-order valence-corrected chi connectivity index (χ0v) is 6.56. The zero-order valence-electron chi connectivity index (χ0n) is 5.74. The third kappa shape index (κ3) is 4.46. The van der Waals surface area contributed by atoms with Crippen LogP contribution in [0.2, 0.25) is 0 Å². The predicted octanol–water partition coefficient (Wildman–Crippen LogP) is -0.194. The van der Waals surface area contributed by atoms with E-state index in [0.717, 1.165) is 0 Å². The van der Waals surface area contributed by atoms with Crippen LogP contribution in [-0.2, 0) is 4.74 Å². The summed E-state index contributed by atoms with van der Waals surface area (Å²) in [6.45, 7) is -0.177. The lowest BCUT2D eigenvalue weighted by atomic mass is 10.4. The number of hydrogen-bond acceptors (Lipinski definition) is 4. The molecule has 0 spiro atoms. The fraction of sp³-hybridized carbons (Fsp3) is 0.800. The molecule has 0 saturated heterocycles. The number of nitrogens with two attached hydrogens (primary N) is 1. The van der Waals surface area contributed by atoms with Gasteiger partial charge in [-0.3, -0.25) is 0 Å². The van der Waals surface area contributed by atoms with Crippen molar-refractivity contribution in [3.63, 3.8) is 0 Å². The van der Waals surface area contributed by atoms with Gasteiger partial charge in [-0.15, -0.1) is 0 Å². The van der Waals surface area contributed by atoms with Crippen LogP contribution in [0.3, 0.4) is 0 Å². The molecule has 0 aromatic carbocycles. The number of rotatable bonds is 4. The molecule has 0 heterocycles. The van der Waals surface area contributed by atoms with Crippen LogP contribution in [0.25, 0.3) is 0 Å². The Bertz CT molecular complexity index is 109. The van der Waals surface area contributed by atoms with Crippen molar-refractivity contribution in [3.05, 3.63) is 0 Å². The first-order valence-corrected chi connectivity index (χ1v) is 4.16. The molecule has 0 bridgehead atoms. The average Bonchev–Trinajstić information content (AvgIpc) is 1.86. The lowest BCUT2D eigenvalue weighted by molar-refractivity contribution is 0.0771. The van der Waals surface area contributed by atoms with E-state index in [1.54, 1.807) is 0 Å². The second-order valence-electron chi connectivity index (χ2n) is 1.70. The van der Waals surface area contributed by atoms with E-state index in [0.29, 0.717) is 5.75 Å². The molecule has 0 aromatic heterocycles. The first-order valence-electron chi connectivity index (χ1n) is 2.76. The van der Waals surface area contributed by atoms with Gasteiger partial charge in [-0.05, 0) is 6.26 Å². The molecule has 0 fully saturated rings. The molecule has 60 valence electrons. The first kappa shape index (κ1) is 9.58. The molecule has 0 aliphatic rings. The Balaban J connectivity index is 3.49. The van der Waals surface area contributed by atoms with E-state index in [9.17, 15) is 4.79 Å². The number of hydrogen-bond donors (Lipinski definition) is 2. The van der Waals surface area contributed by atoms with Gasteiger partial charge in [0.15, 0.2) is 0 Å². The Labute approximate surface area is 63.7 Å². The van der Waals surface area contributed by atoms with Crippen molar-refractivity contribution in [3.8, 4) is 0 Å². The van der Waals surface area contributed by atoms with Crippen molar-refractivity contribution in [1.82, 2.24) is 0 Å². The van der Waals surface area contributed by atoms with Gasteiger partial charge < -0.3 is 15.6 Å². The molecule has 0 radical (unpaired) electrons. The summed E-state index contributed by atoms with van der Waals surface area (Å²) in [6, 6.07) is 0. The van der Waals surface area contributed by atoms with Gasteiger partial charge in [-0.2, -0.15) is 11.8 Å². The van der Waals surface area contributed by atoms with E-state index in [1.807, 2.05) is 6.26 Å². The van der Waals surface area contributed by atoms with Gasteiger partial charge in [0.1, 0.15) is 6.10 Å². The van der Waals surface area contributed by atoms with E-state index < -0.39 is 12.2 Å². The highest BCUT2D eigenvalue weighted by Gasteiger charge is 2.08. The summed E-state index contributed by atoms with van der Waals surface area (Å²) < 4.78 is 4.51. The molecular formula is C5H11NO3S. The summed E-state index contributed by atoms with van der Waals surface area (Å²) in [4.78, 5) is 10.1. The Hall–Kier alpha value is -0.420. The normalized spacial score (nSPS) is 12.6. The minimum atomic E-state index is -0.840. The molecule has 0 aliphatic heterocycles. The lowest BCUT2D eigenvalue weighted by Gasteiger charge is -2.11. The van der Waals surface area contributed by atoms with E-state index >= 15 is 0 Å². The Morgan fingerprint density at radius 3 is 2.80 bits per heavy atom. The summed E-state index contributed by atoms with van der Waals surface area (Å²) in [5, 5.41) is 8.56. The summed E-state index contributed by atoms with van der Waals surface area (Å²) in [6.07, 6.45) is 0.549. The fourth-order valence-electron chi connectivity index (χ4n) is 0.474. The highest BCUT2D eigenvalue weighted by atomic mass is 32.2. The molecule has 1 amide bonds. The van der Waals surface area contributed by atoms with E-state index in [4.69, 9.17) is 10.8 Å². The quantitative estimate of drug-likeness (QED) is 0.605.